The predicted molar refractivity (Wildman–Crippen MR) is 223 cm³/mol. The number of esters is 2. The second-order valence-corrected chi connectivity index (χ2v) is 16.4. The number of ketones is 2. The molecule has 0 spiro atoms. The van der Waals surface area contributed by atoms with E-state index in [4.69, 9.17) is 9.47 Å². The van der Waals surface area contributed by atoms with E-state index in [1.165, 1.54) is 0 Å². The number of ether oxygens (including phenoxy) is 2. The van der Waals surface area contributed by atoms with Crippen molar-refractivity contribution in [2.24, 2.45) is 10.8 Å². The fourth-order valence-electron chi connectivity index (χ4n) is 6.54. The maximum Gasteiger partial charge on any atom is 0.338 e. The Morgan fingerprint density at radius 2 is 1.23 bits per heavy atom. The molecule has 2 heterocycles. The Kier molecular flexibility index (Phi) is 13.2. The Bertz CT molecular complexity index is 2090. The molecule has 0 saturated carbocycles. The number of rotatable bonds is 14. The standard InChI is InChI=1S/C48H54N2O6/c1-33-24-26-49(31-39(43(51)47(3,4)5)35-16-11-9-12-17-35)41(33)22-20-34(2)45(53)55-28-15-29-56-46(54)38-21-23-42-37(30-38)25-27-50(42)32-40(44(52)48(6,7)8)36-18-13-10-14-19-36/h9-14,16-23,30-32H,2,15,24-29H2,1,3-8H3/b22-20-,39-31+,40-32+. The molecule has 0 N–H and O–H groups in total. The number of anilines is 1. The Morgan fingerprint density at radius 3 is 1.80 bits per heavy atom. The van der Waals surface area contributed by atoms with E-state index < -0.39 is 22.8 Å². The SMILES string of the molecule is C=C(/C=C\C1=C(C)CCN1/C=C(/C(=O)C(C)(C)C)c1ccccc1)C(=O)OCCCOC(=O)c1ccc2c(c1)CCN2/C=C(/C(=O)C(C)(C)C)c1ccccc1. The molecule has 0 aliphatic carbocycles. The summed E-state index contributed by atoms with van der Waals surface area (Å²) in [4.78, 5) is 56.7. The zero-order chi connectivity index (χ0) is 40.6. The van der Waals surface area contributed by atoms with E-state index in [2.05, 4.69) is 16.4 Å². The number of carbonyl (C=O) groups is 4. The van der Waals surface area contributed by atoms with Crippen molar-refractivity contribution < 1.29 is 28.7 Å². The third kappa shape index (κ3) is 10.3. The third-order valence-corrected chi connectivity index (χ3v) is 9.77. The lowest BCUT2D eigenvalue weighted by molar-refractivity contribution is -0.138. The summed E-state index contributed by atoms with van der Waals surface area (Å²) in [5, 5.41) is 0. The predicted octanol–water partition coefficient (Wildman–Crippen LogP) is 9.54. The van der Waals surface area contributed by atoms with E-state index in [1.54, 1.807) is 12.1 Å². The van der Waals surface area contributed by atoms with Gasteiger partial charge in [-0.2, -0.15) is 0 Å². The number of hydrogen-bond acceptors (Lipinski definition) is 8. The zero-order valence-electron chi connectivity index (χ0n) is 33.8. The van der Waals surface area contributed by atoms with Gasteiger partial charge in [-0.25, -0.2) is 9.59 Å². The van der Waals surface area contributed by atoms with Crippen LogP contribution in [-0.4, -0.2) is 54.7 Å². The molecule has 292 valence electrons. The summed E-state index contributed by atoms with van der Waals surface area (Å²) in [6.45, 7) is 19.0. The molecular formula is C48H54N2O6. The fourth-order valence-corrected chi connectivity index (χ4v) is 6.54. The topological polar surface area (TPSA) is 93.2 Å². The van der Waals surface area contributed by atoms with Crippen molar-refractivity contribution in [1.82, 2.24) is 4.90 Å². The lowest BCUT2D eigenvalue weighted by Crippen LogP contribution is -2.24. The molecule has 0 radical (unpaired) electrons. The molecule has 3 aromatic rings. The summed E-state index contributed by atoms with van der Waals surface area (Å²) in [5.41, 5.74) is 6.54. The van der Waals surface area contributed by atoms with E-state index in [1.807, 2.05) is 140 Å². The van der Waals surface area contributed by atoms with E-state index in [0.29, 0.717) is 36.2 Å². The van der Waals surface area contributed by atoms with Gasteiger partial charge in [0.2, 0.25) is 0 Å². The second kappa shape index (κ2) is 17.8. The van der Waals surface area contributed by atoms with Gasteiger partial charge in [-0.05, 0) is 72.4 Å². The van der Waals surface area contributed by atoms with Gasteiger partial charge in [0.15, 0.2) is 11.6 Å². The first kappa shape index (κ1) is 41.4. The molecule has 0 aromatic heterocycles. The summed E-state index contributed by atoms with van der Waals surface area (Å²) < 4.78 is 10.9. The maximum atomic E-state index is 13.5. The van der Waals surface area contributed by atoms with Crippen LogP contribution in [-0.2, 0) is 30.3 Å². The summed E-state index contributed by atoms with van der Waals surface area (Å²) in [6, 6.07) is 24.8. The van der Waals surface area contributed by atoms with Gasteiger partial charge in [0, 0.05) is 65.3 Å². The summed E-state index contributed by atoms with van der Waals surface area (Å²) in [6.07, 6.45) is 9.20. The maximum absolute atomic E-state index is 13.5. The van der Waals surface area contributed by atoms with Crippen LogP contribution in [0.15, 0.2) is 127 Å². The largest absolute Gasteiger partial charge is 0.462 e. The van der Waals surface area contributed by atoms with Gasteiger partial charge in [0.05, 0.1) is 24.4 Å². The highest BCUT2D eigenvalue weighted by Gasteiger charge is 2.29. The first-order valence-electron chi connectivity index (χ1n) is 19.3. The molecule has 8 nitrogen and oxygen atoms in total. The Morgan fingerprint density at radius 1 is 0.696 bits per heavy atom. The van der Waals surface area contributed by atoms with Crippen LogP contribution in [0.4, 0.5) is 5.69 Å². The van der Waals surface area contributed by atoms with Gasteiger partial charge >= 0.3 is 11.9 Å². The quantitative estimate of drug-likeness (QED) is 0.0696. The number of fused-ring (bicyclic) bond motifs is 1. The van der Waals surface area contributed by atoms with Gasteiger partial charge in [-0.1, -0.05) is 109 Å². The van der Waals surface area contributed by atoms with Crippen LogP contribution < -0.4 is 4.90 Å². The molecule has 5 rings (SSSR count). The van der Waals surface area contributed by atoms with E-state index in [-0.39, 0.29) is 30.4 Å². The molecule has 0 saturated heterocycles. The average molecular weight is 755 g/mol. The monoisotopic (exact) mass is 754 g/mol. The van der Waals surface area contributed by atoms with Gasteiger partial charge < -0.3 is 19.3 Å². The lowest BCUT2D eigenvalue weighted by atomic mass is 9.84. The van der Waals surface area contributed by atoms with Gasteiger partial charge in [0.1, 0.15) is 0 Å². The second-order valence-electron chi connectivity index (χ2n) is 16.4. The Labute approximate surface area is 331 Å². The van der Waals surface area contributed by atoms with Gasteiger partial charge in [-0.3, -0.25) is 9.59 Å². The van der Waals surface area contributed by atoms with Crippen molar-refractivity contribution in [2.75, 3.05) is 31.2 Å². The molecule has 0 atom stereocenters. The van der Waals surface area contributed by atoms with Crippen LogP contribution in [0.25, 0.3) is 11.1 Å². The molecule has 2 aliphatic rings. The fraction of sp³-hybridized carbons (Fsp3) is 0.333. The Balaban J connectivity index is 1.13. The number of nitrogens with zero attached hydrogens (tertiary/aromatic N) is 2. The van der Waals surface area contributed by atoms with Crippen molar-refractivity contribution in [2.45, 2.75) is 67.7 Å². The van der Waals surface area contributed by atoms with Gasteiger partial charge in [-0.15, -0.1) is 0 Å². The molecule has 3 aromatic carbocycles. The van der Waals surface area contributed by atoms with Crippen LogP contribution in [0.1, 0.15) is 88.4 Å². The first-order chi connectivity index (χ1) is 26.5. The number of hydrogen-bond donors (Lipinski definition) is 0. The number of carbonyl (C=O) groups excluding carboxylic acids is 4. The summed E-state index contributed by atoms with van der Waals surface area (Å²) in [5.74, 6) is -0.904. The average Bonchev–Trinajstić information content (AvgIpc) is 3.75. The highest BCUT2D eigenvalue weighted by molar-refractivity contribution is 6.23. The molecule has 0 unspecified atom stereocenters. The zero-order valence-corrected chi connectivity index (χ0v) is 33.8. The molecule has 0 fully saturated rings. The summed E-state index contributed by atoms with van der Waals surface area (Å²) >= 11 is 0. The molecule has 8 heteroatoms. The molecular weight excluding hydrogens is 701 g/mol. The molecule has 0 amide bonds. The smallest absolute Gasteiger partial charge is 0.338 e. The van der Waals surface area contributed by atoms with E-state index in [0.717, 1.165) is 46.5 Å². The number of Topliss-reactive ketones (excluding diaryl/α,β-unsaturated/α-hetero) is 2. The molecule has 2 aliphatic heterocycles. The first-order valence-corrected chi connectivity index (χ1v) is 19.3. The highest BCUT2D eigenvalue weighted by Crippen LogP contribution is 2.34. The third-order valence-electron chi connectivity index (χ3n) is 9.77. The van der Waals surface area contributed by atoms with Crippen LogP contribution in [0, 0.1) is 10.8 Å². The lowest BCUT2D eigenvalue weighted by Gasteiger charge is -2.23. The normalized spacial score (nSPS) is 15.0. The number of benzene rings is 3. The summed E-state index contributed by atoms with van der Waals surface area (Å²) in [7, 11) is 0. The van der Waals surface area contributed by atoms with Crippen molar-refractivity contribution in [3.63, 3.8) is 0 Å². The minimum absolute atomic E-state index is 0.0477. The minimum atomic E-state index is -0.560. The van der Waals surface area contributed by atoms with Crippen molar-refractivity contribution in [3.05, 3.63) is 149 Å². The van der Waals surface area contributed by atoms with Crippen molar-refractivity contribution >= 4 is 40.3 Å². The van der Waals surface area contributed by atoms with Crippen LogP contribution >= 0.6 is 0 Å². The van der Waals surface area contributed by atoms with Crippen molar-refractivity contribution in [1.29, 1.82) is 0 Å². The highest BCUT2D eigenvalue weighted by atomic mass is 16.5. The number of allylic oxidation sites excluding steroid dienone is 3. The van der Waals surface area contributed by atoms with Crippen LogP contribution in [0.3, 0.4) is 0 Å². The van der Waals surface area contributed by atoms with Crippen molar-refractivity contribution in [3.8, 4) is 0 Å². The van der Waals surface area contributed by atoms with E-state index >= 15 is 0 Å². The van der Waals surface area contributed by atoms with E-state index in [9.17, 15) is 19.2 Å². The van der Waals surface area contributed by atoms with Crippen LogP contribution in [0.2, 0.25) is 0 Å². The molecule has 56 heavy (non-hydrogen) atoms. The Hall–Kier alpha value is -5.76. The minimum Gasteiger partial charge on any atom is -0.462 e. The van der Waals surface area contributed by atoms with Crippen LogP contribution in [0.5, 0.6) is 0 Å². The van der Waals surface area contributed by atoms with Gasteiger partial charge in [0.25, 0.3) is 0 Å². The molecule has 0 bridgehead atoms.